The molecule has 0 saturated heterocycles. The minimum Gasteiger partial charge on any atom is -0.389 e. The van der Waals surface area contributed by atoms with Gasteiger partial charge in [0.25, 0.3) is 0 Å². The van der Waals surface area contributed by atoms with Gasteiger partial charge in [-0.05, 0) is 12.8 Å². The predicted octanol–water partition coefficient (Wildman–Crippen LogP) is 1.20. The molecule has 0 radical (unpaired) electrons. The zero-order chi connectivity index (χ0) is 13.0. The molecule has 0 amide bonds. The molecular formula is C13H24N4O. The third-order valence-corrected chi connectivity index (χ3v) is 3.88. The average Bonchev–Trinajstić information content (AvgIpc) is 2.76. The summed E-state index contributed by atoms with van der Waals surface area (Å²) in [5, 5.41) is 21.8. The Morgan fingerprint density at radius 1 is 1.44 bits per heavy atom. The molecule has 5 nitrogen and oxygen atoms in total. The Balaban J connectivity index is 1.76. The lowest BCUT2D eigenvalue weighted by atomic mass is 9.85. The largest absolute Gasteiger partial charge is 0.389 e. The van der Waals surface area contributed by atoms with Crippen LogP contribution in [0.3, 0.4) is 0 Å². The molecule has 0 aromatic carbocycles. The third kappa shape index (κ3) is 3.29. The van der Waals surface area contributed by atoms with Crippen molar-refractivity contribution < 1.29 is 5.11 Å². The van der Waals surface area contributed by atoms with Crippen LogP contribution in [0.25, 0.3) is 0 Å². The van der Waals surface area contributed by atoms with E-state index in [2.05, 4.69) is 22.4 Å². The Morgan fingerprint density at radius 2 is 2.17 bits per heavy atom. The highest BCUT2D eigenvalue weighted by atomic mass is 16.3. The topological polar surface area (TPSA) is 63.0 Å². The fraction of sp³-hybridized carbons (Fsp3) is 0.846. The Labute approximate surface area is 109 Å². The first-order valence-electron chi connectivity index (χ1n) is 6.88. The van der Waals surface area contributed by atoms with Crippen LogP contribution in [0.1, 0.15) is 50.8 Å². The Bertz CT molecular complexity index is 371. The van der Waals surface area contributed by atoms with Gasteiger partial charge in [0.15, 0.2) is 0 Å². The van der Waals surface area contributed by atoms with Crippen molar-refractivity contribution in [3.63, 3.8) is 0 Å². The van der Waals surface area contributed by atoms with Crippen LogP contribution in [-0.2, 0) is 7.05 Å². The van der Waals surface area contributed by atoms with E-state index in [4.69, 9.17) is 0 Å². The fourth-order valence-corrected chi connectivity index (χ4v) is 2.74. The lowest BCUT2D eigenvalue weighted by molar-refractivity contribution is 0.00484. The highest BCUT2D eigenvalue weighted by Gasteiger charge is 2.28. The van der Waals surface area contributed by atoms with Gasteiger partial charge in [-0.1, -0.05) is 26.2 Å². The molecule has 1 atom stereocenters. The number of nitrogens with one attached hydrogen (secondary N) is 1. The van der Waals surface area contributed by atoms with Crippen LogP contribution in [0.4, 0.5) is 0 Å². The van der Waals surface area contributed by atoms with E-state index in [-0.39, 0.29) is 0 Å². The van der Waals surface area contributed by atoms with Crippen molar-refractivity contribution in [1.82, 2.24) is 20.1 Å². The molecule has 1 saturated carbocycles. The average molecular weight is 252 g/mol. The summed E-state index contributed by atoms with van der Waals surface area (Å²) in [6.45, 7) is 3.64. The predicted molar refractivity (Wildman–Crippen MR) is 70.3 cm³/mol. The minimum atomic E-state index is -0.488. The van der Waals surface area contributed by atoms with E-state index in [9.17, 15) is 5.11 Å². The normalized spacial score (nSPS) is 20.8. The van der Waals surface area contributed by atoms with E-state index < -0.39 is 5.60 Å². The van der Waals surface area contributed by atoms with Crippen LogP contribution in [0.2, 0.25) is 0 Å². The SMILES string of the molecule is CC(CNCC1(O)CCCCC1)c1nncn1C. The number of nitrogens with zero attached hydrogens (tertiary/aromatic N) is 3. The van der Waals surface area contributed by atoms with Gasteiger partial charge in [0.05, 0.1) is 5.60 Å². The standard InChI is InChI=1S/C13H24N4O/c1-11(12-16-15-10-17(12)2)8-14-9-13(18)6-4-3-5-7-13/h10-11,14,18H,3-9H2,1-2H3. The van der Waals surface area contributed by atoms with Gasteiger partial charge in [-0.25, -0.2) is 0 Å². The first kappa shape index (κ1) is 13.5. The smallest absolute Gasteiger partial charge is 0.136 e. The van der Waals surface area contributed by atoms with Crippen LogP contribution >= 0.6 is 0 Å². The van der Waals surface area contributed by atoms with Crippen molar-refractivity contribution in [2.24, 2.45) is 7.05 Å². The van der Waals surface area contributed by atoms with Crippen LogP contribution in [0.15, 0.2) is 6.33 Å². The van der Waals surface area contributed by atoms with E-state index in [1.54, 1.807) is 6.33 Å². The second kappa shape index (κ2) is 5.80. The van der Waals surface area contributed by atoms with E-state index in [1.807, 2.05) is 11.6 Å². The molecule has 1 aliphatic rings. The first-order valence-corrected chi connectivity index (χ1v) is 6.88. The summed E-state index contributed by atoms with van der Waals surface area (Å²) in [5.41, 5.74) is -0.488. The minimum absolute atomic E-state index is 0.310. The van der Waals surface area contributed by atoms with Crippen LogP contribution in [0, 0.1) is 0 Å². The molecule has 1 aromatic rings. The van der Waals surface area contributed by atoms with E-state index >= 15 is 0 Å². The molecule has 0 bridgehead atoms. The van der Waals surface area contributed by atoms with Gasteiger partial charge in [-0.2, -0.15) is 0 Å². The highest BCUT2D eigenvalue weighted by molar-refractivity contribution is 4.95. The summed E-state index contributed by atoms with van der Waals surface area (Å²) in [7, 11) is 1.96. The van der Waals surface area contributed by atoms with Gasteiger partial charge in [0.2, 0.25) is 0 Å². The van der Waals surface area contributed by atoms with Gasteiger partial charge in [0.1, 0.15) is 12.2 Å². The number of aromatic nitrogens is 3. The van der Waals surface area contributed by atoms with Crippen molar-refractivity contribution in [3.05, 3.63) is 12.2 Å². The maximum atomic E-state index is 10.4. The summed E-state index contributed by atoms with van der Waals surface area (Å²) in [4.78, 5) is 0. The molecular weight excluding hydrogens is 228 g/mol. The molecule has 2 N–H and O–H groups in total. The molecule has 2 rings (SSSR count). The molecule has 1 unspecified atom stereocenters. The zero-order valence-electron chi connectivity index (χ0n) is 11.4. The van der Waals surface area contributed by atoms with Crippen molar-refractivity contribution in [1.29, 1.82) is 0 Å². The van der Waals surface area contributed by atoms with Crippen molar-refractivity contribution in [2.75, 3.05) is 13.1 Å². The van der Waals surface area contributed by atoms with Crippen LogP contribution in [0.5, 0.6) is 0 Å². The van der Waals surface area contributed by atoms with Gasteiger partial charge >= 0.3 is 0 Å². The molecule has 0 aliphatic heterocycles. The van der Waals surface area contributed by atoms with Gasteiger partial charge in [0, 0.05) is 26.1 Å². The number of rotatable bonds is 5. The molecule has 1 aromatic heterocycles. The highest BCUT2D eigenvalue weighted by Crippen LogP contribution is 2.27. The van der Waals surface area contributed by atoms with E-state index in [0.29, 0.717) is 12.5 Å². The maximum absolute atomic E-state index is 10.4. The Morgan fingerprint density at radius 3 is 2.78 bits per heavy atom. The van der Waals surface area contributed by atoms with E-state index in [1.165, 1.54) is 6.42 Å². The molecule has 1 aliphatic carbocycles. The van der Waals surface area contributed by atoms with Crippen molar-refractivity contribution >= 4 is 0 Å². The quantitative estimate of drug-likeness (QED) is 0.826. The first-order chi connectivity index (χ1) is 8.61. The number of hydrogen-bond donors (Lipinski definition) is 2. The summed E-state index contributed by atoms with van der Waals surface area (Å²) in [6.07, 6.45) is 7.14. The zero-order valence-corrected chi connectivity index (χ0v) is 11.4. The van der Waals surface area contributed by atoms with Gasteiger partial charge < -0.3 is 15.0 Å². The molecule has 18 heavy (non-hydrogen) atoms. The molecule has 102 valence electrons. The molecule has 1 heterocycles. The summed E-state index contributed by atoms with van der Waals surface area (Å²) in [6, 6.07) is 0. The Hall–Kier alpha value is -0.940. The summed E-state index contributed by atoms with van der Waals surface area (Å²) in [5.74, 6) is 1.29. The molecule has 5 heteroatoms. The number of aliphatic hydroxyl groups is 1. The van der Waals surface area contributed by atoms with E-state index in [0.717, 1.165) is 38.1 Å². The Kier molecular flexibility index (Phi) is 4.35. The lowest BCUT2D eigenvalue weighted by Crippen LogP contribution is -2.43. The fourth-order valence-electron chi connectivity index (χ4n) is 2.74. The van der Waals surface area contributed by atoms with Crippen molar-refractivity contribution in [2.45, 2.75) is 50.5 Å². The summed E-state index contributed by atoms with van der Waals surface area (Å²) < 4.78 is 1.95. The van der Waals surface area contributed by atoms with Crippen LogP contribution in [-0.4, -0.2) is 38.6 Å². The third-order valence-electron chi connectivity index (χ3n) is 3.88. The summed E-state index contributed by atoms with van der Waals surface area (Å²) >= 11 is 0. The second-order valence-electron chi connectivity index (χ2n) is 5.62. The number of hydrogen-bond acceptors (Lipinski definition) is 4. The molecule has 0 spiro atoms. The molecule has 1 fully saturated rings. The monoisotopic (exact) mass is 252 g/mol. The number of aryl methyl sites for hydroxylation is 1. The lowest BCUT2D eigenvalue weighted by Gasteiger charge is -2.32. The van der Waals surface area contributed by atoms with Gasteiger partial charge in [-0.3, -0.25) is 0 Å². The van der Waals surface area contributed by atoms with Crippen molar-refractivity contribution in [3.8, 4) is 0 Å². The van der Waals surface area contributed by atoms with Crippen LogP contribution < -0.4 is 5.32 Å². The maximum Gasteiger partial charge on any atom is 0.136 e. The second-order valence-corrected chi connectivity index (χ2v) is 5.62. The van der Waals surface area contributed by atoms with Gasteiger partial charge in [-0.15, -0.1) is 10.2 Å².